The monoisotopic (exact) mass is 258 g/mol. The molecule has 1 N–H and O–H groups in total. The molecule has 0 amide bonds. The molecule has 1 aliphatic heterocycles. The zero-order valence-electron chi connectivity index (χ0n) is 11.8. The van der Waals surface area contributed by atoms with Gasteiger partial charge in [0.25, 0.3) is 0 Å². The summed E-state index contributed by atoms with van der Waals surface area (Å²) in [5.74, 6) is 0.621. The van der Waals surface area contributed by atoms with Crippen LogP contribution in [0.25, 0.3) is 0 Å². The maximum absolute atomic E-state index is 9.09. The van der Waals surface area contributed by atoms with Crippen molar-refractivity contribution >= 4 is 0 Å². The Balaban J connectivity index is 1.82. The summed E-state index contributed by atoms with van der Waals surface area (Å²) in [5, 5.41) is 12.4. The molecule has 1 aliphatic rings. The number of nitriles is 1. The van der Waals surface area contributed by atoms with Crippen molar-refractivity contribution in [2.24, 2.45) is 5.41 Å². The Bertz CT molecular complexity index is 443. The third-order valence-electron chi connectivity index (χ3n) is 3.95. The van der Waals surface area contributed by atoms with Crippen LogP contribution < -0.4 is 5.32 Å². The lowest BCUT2D eigenvalue weighted by atomic mass is 9.88. The molecule has 3 heteroatoms. The van der Waals surface area contributed by atoms with Gasteiger partial charge in [0.2, 0.25) is 0 Å². The minimum atomic E-state index is -0.295. The van der Waals surface area contributed by atoms with Crippen LogP contribution >= 0.6 is 0 Å². The van der Waals surface area contributed by atoms with E-state index in [0.717, 1.165) is 6.54 Å². The molecule has 2 rings (SSSR count). The van der Waals surface area contributed by atoms with Crippen LogP contribution in [0.1, 0.15) is 37.3 Å². The van der Waals surface area contributed by atoms with Gasteiger partial charge in [0, 0.05) is 13.1 Å². The van der Waals surface area contributed by atoms with E-state index in [0.29, 0.717) is 25.7 Å². The third-order valence-corrected chi connectivity index (χ3v) is 3.95. The second kappa shape index (κ2) is 6.18. The summed E-state index contributed by atoms with van der Waals surface area (Å²) in [6, 6.07) is 11.1. The fourth-order valence-electron chi connectivity index (χ4n) is 2.20. The number of hydrogen-bond acceptors (Lipinski definition) is 3. The van der Waals surface area contributed by atoms with Crippen molar-refractivity contribution in [3.8, 4) is 6.07 Å². The van der Waals surface area contributed by atoms with Crippen LogP contribution in [0, 0.1) is 16.7 Å². The van der Waals surface area contributed by atoms with Crippen LogP contribution in [0.4, 0.5) is 0 Å². The van der Waals surface area contributed by atoms with Crippen LogP contribution in [0.5, 0.6) is 0 Å². The van der Waals surface area contributed by atoms with E-state index in [1.165, 1.54) is 17.5 Å². The van der Waals surface area contributed by atoms with Crippen molar-refractivity contribution in [1.29, 1.82) is 5.26 Å². The zero-order chi connectivity index (χ0) is 13.7. The highest BCUT2D eigenvalue weighted by Crippen LogP contribution is 2.25. The fourth-order valence-corrected chi connectivity index (χ4v) is 2.20. The first-order chi connectivity index (χ1) is 9.19. The topological polar surface area (TPSA) is 45.0 Å². The molecule has 1 fully saturated rings. The molecule has 102 valence electrons. The lowest BCUT2D eigenvalue weighted by Crippen LogP contribution is -2.48. The van der Waals surface area contributed by atoms with E-state index in [2.05, 4.69) is 49.5 Å². The average molecular weight is 258 g/mol. The summed E-state index contributed by atoms with van der Waals surface area (Å²) in [4.78, 5) is 0. The van der Waals surface area contributed by atoms with E-state index < -0.39 is 0 Å². The van der Waals surface area contributed by atoms with Gasteiger partial charge in [0.15, 0.2) is 0 Å². The van der Waals surface area contributed by atoms with Gasteiger partial charge in [0.1, 0.15) is 5.41 Å². The molecule has 0 aliphatic carbocycles. The Hall–Kier alpha value is -1.37. The first-order valence-electron chi connectivity index (χ1n) is 6.98. The molecular formula is C16H22N2O. The minimum absolute atomic E-state index is 0.295. The molecular weight excluding hydrogens is 236 g/mol. The smallest absolute Gasteiger partial charge is 0.116 e. The van der Waals surface area contributed by atoms with E-state index in [1.54, 1.807) is 0 Å². The van der Waals surface area contributed by atoms with Crippen molar-refractivity contribution in [2.75, 3.05) is 19.8 Å². The van der Waals surface area contributed by atoms with E-state index in [9.17, 15) is 0 Å². The number of ether oxygens (including phenoxy) is 1. The van der Waals surface area contributed by atoms with Gasteiger partial charge in [-0.3, -0.25) is 0 Å². The predicted octanol–water partition coefficient (Wildman–Crippen LogP) is 2.83. The van der Waals surface area contributed by atoms with Gasteiger partial charge in [-0.05, 0) is 23.5 Å². The summed E-state index contributed by atoms with van der Waals surface area (Å²) in [7, 11) is 0. The summed E-state index contributed by atoms with van der Waals surface area (Å²) < 4.78 is 5.12. The first kappa shape index (κ1) is 14.0. The highest BCUT2D eigenvalue weighted by atomic mass is 16.5. The van der Waals surface area contributed by atoms with Crippen LogP contribution in [0.2, 0.25) is 0 Å². The maximum atomic E-state index is 9.09. The molecule has 1 aromatic rings. The third kappa shape index (κ3) is 3.34. The molecule has 1 aromatic carbocycles. The summed E-state index contributed by atoms with van der Waals surface area (Å²) in [5.41, 5.74) is 2.36. The second-order valence-electron chi connectivity index (χ2n) is 5.54. The SMILES string of the molecule is CCC(C)c1ccc(CNCC2(C#N)COC2)cc1. The van der Waals surface area contributed by atoms with E-state index in [1.807, 2.05) is 0 Å². The Kier molecular flexibility index (Phi) is 4.57. The van der Waals surface area contributed by atoms with Gasteiger partial charge in [-0.25, -0.2) is 0 Å². The molecule has 1 saturated heterocycles. The number of rotatable bonds is 6. The lowest BCUT2D eigenvalue weighted by molar-refractivity contribution is -0.0755. The summed E-state index contributed by atoms with van der Waals surface area (Å²) >= 11 is 0. The molecule has 1 unspecified atom stereocenters. The van der Waals surface area contributed by atoms with Gasteiger partial charge in [-0.2, -0.15) is 5.26 Å². The van der Waals surface area contributed by atoms with Crippen LogP contribution in [0.15, 0.2) is 24.3 Å². The quantitative estimate of drug-likeness (QED) is 0.853. The highest BCUT2D eigenvalue weighted by Gasteiger charge is 2.38. The van der Waals surface area contributed by atoms with Crippen LogP contribution in [0.3, 0.4) is 0 Å². The lowest BCUT2D eigenvalue weighted by Gasteiger charge is -2.35. The summed E-state index contributed by atoms with van der Waals surface area (Å²) in [6.07, 6.45) is 1.17. The van der Waals surface area contributed by atoms with Gasteiger partial charge < -0.3 is 10.1 Å². The second-order valence-corrected chi connectivity index (χ2v) is 5.54. The number of hydrogen-bond donors (Lipinski definition) is 1. The van der Waals surface area contributed by atoms with Gasteiger partial charge in [-0.1, -0.05) is 38.1 Å². The molecule has 0 aromatic heterocycles. The molecule has 0 spiro atoms. The van der Waals surface area contributed by atoms with Crippen molar-refractivity contribution in [2.45, 2.75) is 32.7 Å². The average Bonchev–Trinajstić information content (AvgIpc) is 2.41. The Labute approximate surface area is 115 Å². The Morgan fingerprint density at radius 2 is 2.05 bits per heavy atom. The van der Waals surface area contributed by atoms with Crippen molar-refractivity contribution in [1.82, 2.24) is 5.32 Å². The van der Waals surface area contributed by atoms with Gasteiger partial charge >= 0.3 is 0 Å². The number of nitrogens with one attached hydrogen (secondary N) is 1. The number of benzene rings is 1. The largest absolute Gasteiger partial charge is 0.378 e. The molecule has 0 radical (unpaired) electrons. The maximum Gasteiger partial charge on any atom is 0.116 e. The van der Waals surface area contributed by atoms with E-state index in [-0.39, 0.29) is 5.41 Å². The molecule has 0 saturated carbocycles. The molecule has 1 heterocycles. The van der Waals surface area contributed by atoms with Crippen LogP contribution in [-0.2, 0) is 11.3 Å². The van der Waals surface area contributed by atoms with Crippen molar-refractivity contribution in [3.63, 3.8) is 0 Å². The Morgan fingerprint density at radius 1 is 1.37 bits per heavy atom. The molecule has 1 atom stereocenters. The zero-order valence-corrected chi connectivity index (χ0v) is 11.8. The first-order valence-corrected chi connectivity index (χ1v) is 6.98. The van der Waals surface area contributed by atoms with Crippen molar-refractivity contribution in [3.05, 3.63) is 35.4 Å². The van der Waals surface area contributed by atoms with Crippen molar-refractivity contribution < 1.29 is 4.74 Å². The number of nitrogens with zero attached hydrogens (tertiary/aromatic N) is 1. The van der Waals surface area contributed by atoms with Gasteiger partial charge in [-0.15, -0.1) is 0 Å². The molecule has 3 nitrogen and oxygen atoms in total. The molecule has 19 heavy (non-hydrogen) atoms. The van der Waals surface area contributed by atoms with E-state index >= 15 is 0 Å². The predicted molar refractivity (Wildman–Crippen MR) is 75.7 cm³/mol. The van der Waals surface area contributed by atoms with Crippen LogP contribution in [-0.4, -0.2) is 19.8 Å². The normalized spacial score (nSPS) is 18.4. The Morgan fingerprint density at radius 3 is 2.53 bits per heavy atom. The summed E-state index contributed by atoms with van der Waals surface area (Å²) in [6.45, 7) is 7.09. The van der Waals surface area contributed by atoms with E-state index in [4.69, 9.17) is 10.00 Å². The highest BCUT2D eigenvalue weighted by molar-refractivity contribution is 5.25. The standard InChI is InChI=1S/C16H22N2O/c1-3-13(2)15-6-4-14(5-7-15)8-18-10-16(9-17)11-19-12-16/h4-7,13,18H,3,8,10-12H2,1-2H3. The molecule has 0 bridgehead atoms. The fraction of sp³-hybridized carbons (Fsp3) is 0.562. The van der Waals surface area contributed by atoms with Gasteiger partial charge in [0.05, 0.1) is 19.3 Å². The minimum Gasteiger partial charge on any atom is -0.378 e.